The molecule has 0 saturated carbocycles. The van der Waals surface area contributed by atoms with Crippen LogP contribution in [0.5, 0.6) is 0 Å². The summed E-state index contributed by atoms with van der Waals surface area (Å²) in [5.41, 5.74) is 0. The van der Waals surface area contributed by atoms with E-state index in [2.05, 4.69) is 364 Å². The summed E-state index contributed by atoms with van der Waals surface area (Å²) in [7, 11) is -7.36. The van der Waals surface area contributed by atoms with Crippen LogP contribution in [0, 0.1) is 0 Å². The third-order valence-corrected chi connectivity index (χ3v) is 34.9. The molecule has 0 heterocycles. The minimum absolute atomic E-state index is 0. The molecule has 8 heteroatoms. The van der Waals surface area contributed by atoms with E-state index in [1.807, 2.05) is 0 Å². The highest BCUT2D eigenvalue weighted by Crippen LogP contribution is 2.61. The zero-order valence-corrected chi connectivity index (χ0v) is 60.7. The summed E-state index contributed by atoms with van der Waals surface area (Å²) in [4.78, 5) is 0. The molecule has 444 valence electrons. The fourth-order valence-electron chi connectivity index (χ4n) is 12.9. The molecule has 0 fully saturated rings. The van der Waals surface area contributed by atoms with Gasteiger partial charge in [0.25, 0.3) is 0 Å². The second kappa shape index (κ2) is 35.4. The minimum Gasteiger partial charge on any atom is -1.00 e. The monoisotopic (exact) mass is 1570 g/mol. The Morgan fingerprint density at radius 3 is 0.295 bits per heavy atom. The van der Waals surface area contributed by atoms with Crippen LogP contribution in [0.4, 0.5) is 0 Å². The fraction of sp³-hybridized carbons (Fsp3) is 0.100. The van der Waals surface area contributed by atoms with Gasteiger partial charge in [-0.3, -0.25) is 0 Å². The topological polar surface area (TPSA) is 0 Å². The Balaban J connectivity index is 0.000000240. The molecule has 0 nitrogen and oxygen atoms in total. The standard InChI is InChI=1S/2C40H38P2.2BrH.2HI/c2*1-7-21-35(22-8-1)41(36-23-9-2-10-24-36,37-25-11-3-12-26-37)33-19-20-34-42(38-27-13-4-14-28-38,39-29-15-5-16-30-39)40-31-17-6-18-32-40;;;;/h2*1-18,21-32H,19-20,33-34H2;4*1H/q2*+2;;;;/p-4. The number of hydrogen-bond acceptors (Lipinski definition) is 0. The van der Waals surface area contributed by atoms with Gasteiger partial charge in [0, 0.05) is 0 Å². The van der Waals surface area contributed by atoms with Crippen LogP contribution >= 0.6 is 29.0 Å². The molecule has 88 heavy (non-hydrogen) atoms. The summed E-state index contributed by atoms with van der Waals surface area (Å²) < 4.78 is 0. The molecule has 12 aromatic carbocycles. The first-order valence-electron chi connectivity index (χ1n) is 29.9. The van der Waals surface area contributed by atoms with Gasteiger partial charge in [-0.05, 0) is 171 Å². The van der Waals surface area contributed by atoms with E-state index in [0.29, 0.717) is 0 Å². The molecule has 0 N–H and O–H groups in total. The van der Waals surface area contributed by atoms with Gasteiger partial charge in [0.1, 0.15) is 92.7 Å². The Labute approximate surface area is 583 Å². The smallest absolute Gasteiger partial charge is 0.112 e. The first-order valence-corrected chi connectivity index (χ1v) is 37.8. The van der Waals surface area contributed by atoms with Crippen LogP contribution in [0.25, 0.3) is 0 Å². The second-order valence-electron chi connectivity index (χ2n) is 21.6. The zero-order chi connectivity index (χ0) is 57.0. The van der Waals surface area contributed by atoms with Gasteiger partial charge < -0.3 is 81.9 Å². The molecular weight excluding hydrogens is 1500 g/mol. The predicted octanol–water partition coefficient (Wildman–Crippen LogP) is 3.53. The lowest BCUT2D eigenvalue weighted by Crippen LogP contribution is -3.00. The van der Waals surface area contributed by atoms with Gasteiger partial charge in [-0.15, -0.1) is 0 Å². The number of benzene rings is 12. The number of halogens is 4. The maximum Gasteiger partial charge on any atom is 0.112 e. The van der Waals surface area contributed by atoms with Crippen molar-refractivity contribution in [2.24, 2.45) is 0 Å². The molecule has 0 radical (unpaired) electrons. The molecule has 12 rings (SSSR count). The Kier molecular flexibility index (Phi) is 28.3. The van der Waals surface area contributed by atoms with Crippen molar-refractivity contribution in [2.75, 3.05) is 24.6 Å². The summed E-state index contributed by atoms with van der Waals surface area (Å²) in [6.07, 6.45) is 9.29. The summed E-state index contributed by atoms with van der Waals surface area (Å²) in [5, 5.41) is 17.6. The van der Waals surface area contributed by atoms with E-state index < -0.39 is 29.0 Å². The average molecular weight is 1580 g/mol. The maximum atomic E-state index is 2.36. The van der Waals surface area contributed by atoms with Crippen LogP contribution in [0.1, 0.15) is 25.7 Å². The number of rotatable bonds is 22. The van der Waals surface area contributed by atoms with Crippen molar-refractivity contribution in [1.29, 1.82) is 0 Å². The highest BCUT2D eigenvalue weighted by atomic mass is 127. The van der Waals surface area contributed by atoms with Crippen LogP contribution in [-0.4, -0.2) is 24.6 Å². The molecule has 0 aliphatic heterocycles. The van der Waals surface area contributed by atoms with Gasteiger partial charge in [0.2, 0.25) is 0 Å². The first-order chi connectivity index (χ1) is 41.7. The molecular formula is C80H76Br2I2P4. The van der Waals surface area contributed by atoms with Gasteiger partial charge in [-0.2, -0.15) is 0 Å². The third-order valence-electron chi connectivity index (χ3n) is 16.8. The van der Waals surface area contributed by atoms with E-state index in [9.17, 15) is 0 Å². The van der Waals surface area contributed by atoms with Crippen molar-refractivity contribution in [3.63, 3.8) is 0 Å². The third kappa shape index (κ3) is 15.7. The molecule has 0 saturated heterocycles. The normalized spacial score (nSPS) is 11.2. The van der Waals surface area contributed by atoms with E-state index in [-0.39, 0.29) is 81.9 Å². The summed E-state index contributed by atoms with van der Waals surface area (Å²) in [6, 6.07) is 136. The largest absolute Gasteiger partial charge is 1.00 e. The highest BCUT2D eigenvalue weighted by molar-refractivity contribution is 7.97. The Morgan fingerprint density at radius 1 is 0.136 bits per heavy atom. The predicted molar refractivity (Wildman–Crippen MR) is 379 cm³/mol. The molecule has 0 aliphatic rings. The fourth-order valence-corrected chi connectivity index (χ4v) is 30.6. The molecule has 0 aliphatic carbocycles. The SMILES string of the molecule is [Br-].[Br-].[I-].[I-].c1ccc([P+](CCCC[P+](c2ccccc2)(c2ccccc2)c2ccccc2)(c2ccccc2)c2ccccc2)cc1.c1ccc([P+](CCCC[P+](c2ccccc2)(c2ccccc2)c2ccccc2)(c2ccccc2)c2ccccc2)cc1. The molecule has 0 spiro atoms. The van der Waals surface area contributed by atoms with E-state index in [4.69, 9.17) is 0 Å². The molecule has 12 aromatic rings. The lowest BCUT2D eigenvalue weighted by atomic mass is 10.3. The van der Waals surface area contributed by atoms with Crippen molar-refractivity contribution < 1.29 is 81.9 Å². The van der Waals surface area contributed by atoms with Crippen LogP contribution in [-0.2, 0) is 0 Å². The lowest BCUT2D eigenvalue weighted by molar-refractivity contribution is -0.00100. The number of unbranched alkanes of at least 4 members (excludes halogenated alkanes) is 2. The minimum atomic E-state index is -1.84. The van der Waals surface area contributed by atoms with Crippen molar-refractivity contribution in [3.05, 3.63) is 364 Å². The highest BCUT2D eigenvalue weighted by Gasteiger charge is 2.49. The van der Waals surface area contributed by atoms with Crippen LogP contribution < -0.4 is 146 Å². The van der Waals surface area contributed by atoms with Crippen molar-refractivity contribution in [2.45, 2.75) is 25.7 Å². The Bertz CT molecular complexity index is 2910. The molecule has 0 unspecified atom stereocenters. The second-order valence-corrected chi connectivity index (χ2v) is 36.0. The van der Waals surface area contributed by atoms with Gasteiger partial charge in [0.15, 0.2) is 0 Å². The van der Waals surface area contributed by atoms with Gasteiger partial charge >= 0.3 is 0 Å². The molecule has 0 amide bonds. The summed E-state index contributed by atoms with van der Waals surface area (Å²) >= 11 is 0. The van der Waals surface area contributed by atoms with Crippen molar-refractivity contribution in [1.82, 2.24) is 0 Å². The molecule has 0 bridgehead atoms. The van der Waals surface area contributed by atoms with E-state index >= 15 is 0 Å². The summed E-state index contributed by atoms with van der Waals surface area (Å²) in [6.45, 7) is 0. The maximum absolute atomic E-state index is 2.36. The van der Waals surface area contributed by atoms with Crippen LogP contribution in [0.3, 0.4) is 0 Å². The Morgan fingerprint density at radius 2 is 0.216 bits per heavy atom. The van der Waals surface area contributed by atoms with E-state index in [1.165, 1.54) is 89.3 Å². The van der Waals surface area contributed by atoms with E-state index in [1.54, 1.807) is 0 Å². The van der Waals surface area contributed by atoms with Gasteiger partial charge in [-0.1, -0.05) is 218 Å². The van der Waals surface area contributed by atoms with Crippen LogP contribution in [0.2, 0.25) is 0 Å². The van der Waals surface area contributed by atoms with Crippen molar-refractivity contribution >= 4 is 92.7 Å². The summed E-state index contributed by atoms with van der Waals surface area (Å²) in [5.74, 6) is 0. The van der Waals surface area contributed by atoms with Crippen molar-refractivity contribution in [3.8, 4) is 0 Å². The first kappa shape index (κ1) is 70.2. The zero-order valence-electron chi connectivity index (χ0n) is 49.6. The quantitative estimate of drug-likeness (QED) is 0.0555. The van der Waals surface area contributed by atoms with Gasteiger partial charge in [-0.25, -0.2) is 0 Å². The Hall–Kier alpha value is -5.22. The lowest BCUT2D eigenvalue weighted by Gasteiger charge is -2.29. The van der Waals surface area contributed by atoms with Gasteiger partial charge in [0.05, 0.1) is 24.6 Å². The molecule has 0 aromatic heterocycles. The van der Waals surface area contributed by atoms with E-state index in [0.717, 1.165) is 24.6 Å². The number of hydrogen-bond donors (Lipinski definition) is 0. The van der Waals surface area contributed by atoms with Crippen LogP contribution in [0.15, 0.2) is 364 Å². The average Bonchev–Trinajstić information content (AvgIpc) is 1.13. The molecule has 0 atom stereocenters.